The monoisotopic (exact) mass is 267 g/mol. The molecule has 0 aliphatic heterocycles. The maximum atomic E-state index is 11.9. The lowest BCUT2D eigenvalue weighted by atomic mass is 9.94. The molecule has 100 valence electrons. The van der Waals surface area contributed by atoms with Gasteiger partial charge in [-0.2, -0.15) is 0 Å². The first-order valence-electron chi connectivity index (χ1n) is 6.19. The molecule has 0 saturated heterocycles. The molecule has 0 fully saturated rings. The van der Waals surface area contributed by atoms with Crippen LogP contribution >= 0.6 is 12.6 Å². The molecule has 0 heterocycles. The Morgan fingerprint density at radius 2 is 2.00 bits per heavy atom. The Bertz CT molecular complexity index is 391. The van der Waals surface area contributed by atoms with Gasteiger partial charge in [0.05, 0.1) is 6.42 Å². The second-order valence-corrected chi connectivity index (χ2v) is 5.30. The average molecular weight is 267 g/mol. The Kier molecular flexibility index (Phi) is 5.69. The van der Waals surface area contributed by atoms with Crippen LogP contribution in [0.2, 0.25) is 0 Å². The van der Waals surface area contributed by atoms with E-state index in [2.05, 4.69) is 17.9 Å². The zero-order valence-corrected chi connectivity index (χ0v) is 11.8. The molecule has 0 bridgehead atoms. The third-order valence-corrected chi connectivity index (χ3v) is 3.48. The smallest absolute Gasteiger partial charge is 0.224 e. The molecule has 0 aromatic heterocycles. The molecule has 0 radical (unpaired) electrons. The van der Waals surface area contributed by atoms with Gasteiger partial charge in [0.25, 0.3) is 0 Å². The summed E-state index contributed by atoms with van der Waals surface area (Å²) in [6.45, 7) is 4.04. The first-order chi connectivity index (χ1) is 8.49. The second-order valence-electron chi connectivity index (χ2n) is 4.78. The largest absolute Gasteiger partial charge is 0.396 e. The summed E-state index contributed by atoms with van der Waals surface area (Å²) < 4.78 is 0. The number of aliphatic hydroxyl groups is 1. The Balaban J connectivity index is 2.58. The minimum Gasteiger partial charge on any atom is -0.396 e. The van der Waals surface area contributed by atoms with E-state index in [0.29, 0.717) is 12.8 Å². The summed E-state index contributed by atoms with van der Waals surface area (Å²) in [5.41, 5.74) is 0.641. The maximum Gasteiger partial charge on any atom is 0.224 e. The molecule has 2 N–H and O–H groups in total. The van der Waals surface area contributed by atoms with Crippen molar-refractivity contribution >= 4 is 18.5 Å². The van der Waals surface area contributed by atoms with E-state index in [4.69, 9.17) is 5.11 Å². The van der Waals surface area contributed by atoms with Gasteiger partial charge in [0.15, 0.2) is 0 Å². The summed E-state index contributed by atoms with van der Waals surface area (Å²) in [5, 5.41) is 12.0. The molecule has 0 saturated carbocycles. The van der Waals surface area contributed by atoms with Crippen LogP contribution < -0.4 is 5.32 Å². The van der Waals surface area contributed by atoms with Gasteiger partial charge in [-0.15, -0.1) is 12.6 Å². The third kappa shape index (κ3) is 4.70. The van der Waals surface area contributed by atoms with Crippen molar-refractivity contribution in [2.24, 2.45) is 0 Å². The lowest BCUT2D eigenvalue weighted by molar-refractivity contribution is -0.122. The summed E-state index contributed by atoms with van der Waals surface area (Å²) in [4.78, 5) is 12.8. The summed E-state index contributed by atoms with van der Waals surface area (Å²) in [5.74, 6) is -0.0142. The van der Waals surface area contributed by atoms with Gasteiger partial charge in [-0.05, 0) is 37.5 Å². The zero-order valence-electron chi connectivity index (χ0n) is 10.9. The van der Waals surface area contributed by atoms with Crippen LogP contribution in [0.1, 0.15) is 32.3 Å². The fraction of sp³-hybridized carbons (Fsp3) is 0.500. The molecule has 0 aliphatic rings. The Labute approximate surface area is 114 Å². The first kappa shape index (κ1) is 15.1. The van der Waals surface area contributed by atoms with Crippen LogP contribution in [0.25, 0.3) is 0 Å². The zero-order chi connectivity index (χ0) is 13.6. The van der Waals surface area contributed by atoms with E-state index in [-0.39, 0.29) is 18.1 Å². The van der Waals surface area contributed by atoms with Crippen molar-refractivity contribution in [2.75, 3.05) is 6.61 Å². The van der Waals surface area contributed by atoms with Gasteiger partial charge in [-0.3, -0.25) is 4.79 Å². The fourth-order valence-electron chi connectivity index (χ4n) is 1.75. The first-order valence-corrected chi connectivity index (χ1v) is 6.63. The number of rotatable bonds is 6. The van der Waals surface area contributed by atoms with Crippen molar-refractivity contribution in [1.29, 1.82) is 0 Å². The van der Waals surface area contributed by atoms with Crippen LogP contribution in [0.4, 0.5) is 0 Å². The van der Waals surface area contributed by atoms with Crippen molar-refractivity contribution in [3.8, 4) is 0 Å². The molecule has 3 nitrogen and oxygen atoms in total. The molecule has 0 spiro atoms. The lowest BCUT2D eigenvalue weighted by Crippen LogP contribution is -2.46. The van der Waals surface area contributed by atoms with E-state index in [0.717, 1.165) is 16.9 Å². The predicted octanol–water partition coefficient (Wildman–Crippen LogP) is 2.19. The number of amides is 1. The molecule has 1 unspecified atom stereocenters. The fourth-order valence-corrected chi connectivity index (χ4v) is 1.90. The molecule has 0 aliphatic carbocycles. The Hall–Kier alpha value is -1.00. The number of carbonyl (C=O) groups is 1. The standard InChI is InChI=1S/C14H21NO2S/c1-3-14(2,8-9-16)15-13(17)10-11-4-6-12(18)7-5-11/h4-7,16,18H,3,8-10H2,1-2H3,(H,15,17). The normalized spacial score (nSPS) is 14.0. The topological polar surface area (TPSA) is 49.3 Å². The lowest BCUT2D eigenvalue weighted by Gasteiger charge is -2.29. The van der Waals surface area contributed by atoms with E-state index in [1.54, 1.807) is 0 Å². The van der Waals surface area contributed by atoms with Crippen molar-refractivity contribution in [3.63, 3.8) is 0 Å². The van der Waals surface area contributed by atoms with E-state index in [1.165, 1.54) is 0 Å². The highest BCUT2D eigenvalue weighted by Crippen LogP contribution is 2.14. The van der Waals surface area contributed by atoms with Crippen LogP contribution in [0.15, 0.2) is 29.2 Å². The number of hydrogen-bond donors (Lipinski definition) is 3. The molecule has 1 aromatic carbocycles. The number of carbonyl (C=O) groups excluding carboxylic acids is 1. The van der Waals surface area contributed by atoms with Crippen molar-refractivity contribution in [1.82, 2.24) is 5.32 Å². The predicted molar refractivity (Wildman–Crippen MR) is 75.9 cm³/mol. The highest BCUT2D eigenvalue weighted by atomic mass is 32.1. The summed E-state index contributed by atoms with van der Waals surface area (Å²) in [7, 11) is 0. The van der Waals surface area contributed by atoms with Crippen LogP contribution in [-0.4, -0.2) is 23.2 Å². The van der Waals surface area contributed by atoms with Gasteiger partial charge in [0.2, 0.25) is 5.91 Å². The molecule has 1 rings (SSSR count). The van der Waals surface area contributed by atoms with Crippen LogP contribution in [-0.2, 0) is 11.2 Å². The number of aliphatic hydroxyl groups excluding tert-OH is 1. The van der Waals surface area contributed by atoms with Gasteiger partial charge in [-0.1, -0.05) is 19.1 Å². The molecular weight excluding hydrogens is 246 g/mol. The molecule has 1 amide bonds. The van der Waals surface area contributed by atoms with Crippen molar-refractivity contribution in [2.45, 2.75) is 43.5 Å². The quantitative estimate of drug-likeness (QED) is 0.692. The number of nitrogens with one attached hydrogen (secondary N) is 1. The van der Waals surface area contributed by atoms with Gasteiger partial charge < -0.3 is 10.4 Å². The molecular formula is C14H21NO2S. The average Bonchev–Trinajstić information content (AvgIpc) is 2.32. The van der Waals surface area contributed by atoms with Gasteiger partial charge in [-0.25, -0.2) is 0 Å². The van der Waals surface area contributed by atoms with E-state index in [9.17, 15) is 4.79 Å². The minimum absolute atomic E-state index is 0.0142. The van der Waals surface area contributed by atoms with E-state index >= 15 is 0 Å². The molecule has 1 atom stereocenters. The maximum absolute atomic E-state index is 11.9. The highest BCUT2D eigenvalue weighted by molar-refractivity contribution is 7.80. The Morgan fingerprint density at radius 3 is 2.50 bits per heavy atom. The van der Waals surface area contributed by atoms with Crippen molar-refractivity contribution in [3.05, 3.63) is 29.8 Å². The summed E-state index contributed by atoms with van der Waals surface area (Å²) in [6, 6.07) is 7.55. The van der Waals surface area contributed by atoms with Crippen LogP contribution in [0, 0.1) is 0 Å². The molecule has 1 aromatic rings. The van der Waals surface area contributed by atoms with Crippen LogP contribution in [0.5, 0.6) is 0 Å². The summed E-state index contributed by atoms with van der Waals surface area (Å²) in [6.07, 6.45) is 1.73. The number of thiol groups is 1. The van der Waals surface area contributed by atoms with Gasteiger partial charge >= 0.3 is 0 Å². The second kappa shape index (κ2) is 6.81. The third-order valence-electron chi connectivity index (χ3n) is 3.19. The Morgan fingerprint density at radius 1 is 1.39 bits per heavy atom. The number of hydrogen-bond acceptors (Lipinski definition) is 3. The van der Waals surface area contributed by atoms with E-state index < -0.39 is 0 Å². The highest BCUT2D eigenvalue weighted by Gasteiger charge is 2.23. The molecule has 4 heteroatoms. The number of benzene rings is 1. The van der Waals surface area contributed by atoms with E-state index in [1.807, 2.05) is 38.1 Å². The van der Waals surface area contributed by atoms with Gasteiger partial charge in [0.1, 0.15) is 0 Å². The van der Waals surface area contributed by atoms with Crippen LogP contribution in [0.3, 0.4) is 0 Å². The van der Waals surface area contributed by atoms with Gasteiger partial charge in [0, 0.05) is 17.0 Å². The molecule has 18 heavy (non-hydrogen) atoms. The SMILES string of the molecule is CCC(C)(CCO)NC(=O)Cc1ccc(S)cc1. The van der Waals surface area contributed by atoms with Crippen molar-refractivity contribution < 1.29 is 9.90 Å². The minimum atomic E-state index is -0.324. The summed E-state index contributed by atoms with van der Waals surface area (Å²) >= 11 is 4.21.